The third-order valence-electron chi connectivity index (χ3n) is 4.63. The van der Waals surface area contributed by atoms with Gasteiger partial charge in [-0.3, -0.25) is 0 Å². The Hall–Kier alpha value is -1.58. The highest BCUT2D eigenvalue weighted by molar-refractivity contribution is 5.94. The molecule has 2 bridgehead atoms. The molecule has 2 aliphatic carbocycles. The van der Waals surface area contributed by atoms with Gasteiger partial charge in [0.15, 0.2) is 0 Å². The van der Waals surface area contributed by atoms with Crippen LogP contribution in [0.3, 0.4) is 0 Å². The third-order valence-corrected chi connectivity index (χ3v) is 4.63. The van der Waals surface area contributed by atoms with E-state index >= 15 is 0 Å². The van der Waals surface area contributed by atoms with Crippen LogP contribution in [0.2, 0.25) is 0 Å². The standard InChI is InChI=1S/C15H20N2O2/c1-19-15(18)13-3-2-6-16-14(13)17-9-12-8-10-4-5-11(12)7-10/h2-3,6,10-12H,4-5,7-9H2,1H3,(H,16,17). The summed E-state index contributed by atoms with van der Waals surface area (Å²) in [5.74, 6) is 2.88. The van der Waals surface area contributed by atoms with Gasteiger partial charge >= 0.3 is 5.97 Å². The SMILES string of the molecule is COC(=O)c1cccnc1NCC1CC2CCC1C2. The number of ether oxygens (including phenoxy) is 1. The molecule has 3 atom stereocenters. The predicted molar refractivity (Wildman–Crippen MR) is 73.0 cm³/mol. The minimum atomic E-state index is -0.330. The number of carbonyl (C=O) groups is 1. The largest absolute Gasteiger partial charge is 0.465 e. The lowest BCUT2D eigenvalue weighted by Crippen LogP contribution is -2.21. The van der Waals surface area contributed by atoms with Gasteiger partial charge in [-0.25, -0.2) is 9.78 Å². The third kappa shape index (κ3) is 2.44. The number of anilines is 1. The van der Waals surface area contributed by atoms with Crippen molar-refractivity contribution in [1.29, 1.82) is 0 Å². The zero-order chi connectivity index (χ0) is 13.2. The van der Waals surface area contributed by atoms with Crippen LogP contribution in [0.15, 0.2) is 18.3 Å². The van der Waals surface area contributed by atoms with Crippen molar-refractivity contribution in [2.24, 2.45) is 17.8 Å². The number of nitrogens with zero attached hydrogens (tertiary/aromatic N) is 1. The van der Waals surface area contributed by atoms with Crippen molar-refractivity contribution in [1.82, 2.24) is 4.98 Å². The van der Waals surface area contributed by atoms with Crippen molar-refractivity contribution in [3.8, 4) is 0 Å². The normalized spacial score (nSPS) is 28.4. The van der Waals surface area contributed by atoms with Crippen molar-refractivity contribution in [3.63, 3.8) is 0 Å². The van der Waals surface area contributed by atoms with Crippen molar-refractivity contribution in [2.45, 2.75) is 25.7 Å². The molecule has 2 saturated carbocycles. The van der Waals surface area contributed by atoms with Crippen LogP contribution in [0, 0.1) is 17.8 Å². The molecular formula is C15H20N2O2. The first kappa shape index (κ1) is 12.5. The molecule has 1 heterocycles. The summed E-state index contributed by atoms with van der Waals surface area (Å²) >= 11 is 0. The van der Waals surface area contributed by atoms with Crippen molar-refractivity contribution < 1.29 is 9.53 Å². The van der Waals surface area contributed by atoms with Crippen LogP contribution in [-0.4, -0.2) is 24.6 Å². The predicted octanol–water partition coefficient (Wildman–Crippen LogP) is 2.72. The number of methoxy groups -OCH3 is 1. The minimum absolute atomic E-state index is 0.330. The summed E-state index contributed by atoms with van der Waals surface area (Å²) in [7, 11) is 1.40. The van der Waals surface area contributed by atoms with Gasteiger partial charge in [0, 0.05) is 12.7 Å². The van der Waals surface area contributed by atoms with Gasteiger partial charge in [0.2, 0.25) is 0 Å². The summed E-state index contributed by atoms with van der Waals surface area (Å²) < 4.78 is 4.78. The lowest BCUT2D eigenvalue weighted by atomic mass is 9.89. The second-order valence-electron chi connectivity index (χ2n) is 5.71. The fourth-order valence-electron chi connectivity index (χ4n) is 3.68. The molecule has 2 fully saturated rings. The van der Waals surface area contributed by atoms with Crippen LogP contribution in [0.4, 0.5) is 5.82 Å². The van der Waals surface area contributed by atoms with Crippen molar-refractivity contribution in [2.75, 3.05) is 19.0 Å². The van der Waals surface area contributed by atoms with Crippen LogP contribution in [0.5, 0.6) is 0 Å². The molecule has 0 radical (unpaired) electrons. The Balaban J connectivity index is 1.65. The Kier molecular flexibility index (Phi) is 3.40. The Morgan fingerprint density at radius 3 is 3.05 bits per heavy atom. The fourth-order valence-corrected chi connectivity index (χ4v) is 3.68. The quantitative estimate of drug-likeness (QED) is 0.846. The monoisotopic (exact) mass is 260 g/mol. The second kappa shape index (κ2) is 5.19. The smallest absolute Gasteiger partial charge is 0.341 e. The number of pyridine rings is 1. The molecule has 0 aliphatic heterocycles. The van der Waals surface area contributed by atoms with E-state index in [0.29, 0.717) is 11.4 Å². The van der Waals surface area contributed by atoms with Gasteiger partial charge in [-0.15, -0.1) is 0 Å². The van der Waals surface area contributed by atoms with Crippen LogP contribution in [0.25, 0.3) is 0 Å². The van der Waals surface area contributed by atoms with E-state index in [9.17, 15) is 4.79 Å². The Labute approximate surface area is 113 Å². The highest BCUT2D eigenvalue weighted by atomic mass is 16.5. The molecule has 4 heteroatoms. The number of fused-ring (bicyclic) bond motifs is 2. The van der Waals surface area contributed by atoms with E-state index in [0.717, 1.165) is 24.3 Å². The van der Waals surface area contributed by atoms with Gasteiger partial charge in [-0.05, 0) is 49.1 Å². The number of hydrogen-bond acceptors (Lipinski definition) is 4. The average molecular weight is 260 g/mol. The zero-order valence-electron chi connectivity index (χ0n) is 11.3. The molecule has 0 aromatic carbocycles. The molecule has 3 unspecified atom stereocenters. The lowest BCUT2D eigenvalue weighted by molar-refractivity contribution is 0.0601. The Bertz CT molecular complexity index is 475. The van der Waals surface area contributed by atoms with E-state index in [1.165, 1.54) is 32.8 Å². The number of hydrogen-bond donors (Lipinski definition) is 1. The van der Waals surface area contributed by atoms with Crippen LogP contribution < -0.4 is 5.32 Å². The van der Waals surface area contributed by atoms with Crippen molar-refractivity contribution in [3.05, 3.63) is 23.9 Å². The van der Waals surface area contributed by atoms with Gasteiger partial charge in [-0.2, -0.15) is 0 Å². The molecule has 1 aromatic rings. The maximum atomic E-state index is 11.7. The van der Waals surface area contributed by atoms with E-state index in [1.807, 2.05) is 0 Å². The topological polar surface area (TPSA) is 51.2 Å². The van der Waals surface area contributed by atoms with Gasteiger partial charge in [-0.1, -0.05) is 6.42 Å². The fraction of sp³-hybridized carbons (Fsp3) is 0.600. The number of nitrogens with one attached hydrogen (secondary N) is 1. The summed E-state index contributed by atoms with van der Waals surface area (Å²) in [6, 6.07) is 3.51. The number of rotatable bonds is 4. The maximum Gasteiger partial charge on any atom is 0.341 e. The van der Waals surface area contributed by atoms with E-state index < -0.39 is 0 Å². The molecule has 0 amide bonds. The molecule has 3 rings (SSSR count). The summed E-state index contributed by atoms with van der Waals surface area (Å²) in [5, 5.41) is 3.34. The van der Waals surface area contributed by atoms with Gasteiger partial charge in [0.25, 0.3) is 0 Å². The molecule has 19 heavy (non-hydrogen) atoms. The molecule has 1 aromatic heterocycles. The second-order valence-corrected chi connectivity index (χ2v) is 5.71. The maximum absolute atomic E-state index is 11.7. The Morgan fingerprint density at radius 2 is 2.37 bits per heavy atom. The summed E-state index contributed by atoms with van der Waals surface area (Å²) in [6.45, 7) is 0.919. The number of aromatic nitrogens is 1. The van der Waals surface area contributed by atoms with E-state index in [-0.39, 0.29) is 5.97 Å². The molecule has 0 spiro atoms. The van der Waals surface area contributed by atoms with Gasteiger partial charge in [0.1, 0.15) is 11.4 Å². The first-order valence-corrected chi connectivity index (χ1v) is 7.05. The molecule has 102 valence electrons. The first-order valence-electron chi connectivity index (χ1n) is 7.05. The molecule has 0 saturated heterocycles. The van der Waals surface area contributed by atoms with Crippen LogP contribution in [-0.2, 0) is 4.74 Å². The van der Waals surface area contributed by atoms with Gasteiger partial charge in [0.05, 0.1) is 7.11 Å². The zero-order valence-corrected chi connectivity index (χ0v) is 11.3. The first-order chi connectivity index (χ1) is 9.28. The summed E-state index contributed by atoms with van der Waals surface area (Å²) in [4.78, 5) is 15.9. The van der Waals surface area contributed by atoms with Crippen LogP contribution >= 0.6 is 0 Å². The molecular weight excluding hydrogens is 240 g/mol. The molecule has 2 aliphatic rings. The van der Waals surface area contributed by atoms with E-state index in [1.54, 1.807) is 18.3 Å². The minimum Gasteiger partial charge on any atom is -0.465 e. The van der Waals surface area contributed by atoms with E-state index in [2.05, 4.69) is 10.3 Å². The van der Waals surface area contributed by atoms with Crippen LogP contribution in [0.1, 0.15) is 36.0 Å². The highest BCUT2D eigenvalue weighted by Gasteiger charge is 2.39. The summed E-state index contributed by atoms with van der Waals surface area (Å²) in [5.41, 5.74) is 0.521. The van der Waals surface area contributed by atoms with E-state index in [4.69, 9.17) is 4.74 Å². The molecule has 4 nitrogen and oxygen atoms in total. The number of carbonyl (C=O) groups excluding carboxylic acids is 1. The lowest BCUT2D eigenvalue weighted by Gasteiger charge is -2.22. The van der Waals surface area contributed by atoms with Crippen molar-refractivity contribution >= 4 is 11.8 Å². The number of esters is 1. The highest BCUT2D eigenvalue weighted by Crippen LogP contribution is 2.48. The Morgan fingerprint density at radius 1 is 1.47 bits per heavy atom. The summed E-state index contributed by atoms with van der Waals surface area (Å²) in [6.07, 6.45) is 7.23. The molecule has 1 N–H and O–H groups in total. The van der Waals surface area contributed by atoms with Gasteiger partial charge < -0.3 is 10.1 Å². The average Bonchev–Trinajstić information content (AvgIpc) is 3.07.